The third-order valence-corrected chi connectivity index (χ3v) is 6.11. The Kier molecular flexibility index (Phi) is 10.1. The van der Waals surface area contributed by atoms with Gasteiger partial charge in [0, 0.05) is 18.9 Å². The van der Waals surface area contributed by atoms with Gasteiger partial charge in [-0.2, -0.15) is 0 Å². The summed E-state index contributed by atoms with van der Waals surface area (Å²) in [7, 11) is 2.94. The topological polar surface area (TPSA) is 176 Å². The van der Waals surface area contributed by atoms with Crippen molar-refractivity contribution in [3.63, 3.8) is 0 Å². The van der Waals surface area contributed by atoms with Crippen molar-refractivity contribution in [2.24, 2.45) is 5.73 Å². The Hall–Kier alpha value is -4.97. The molecule has 0 aliphatic carbocycles. The van der Waals surface area contributed by atoms with E-state index in [0.29, 0.717) is 28.3 Å². The van der Waals surface area contributed by atoms with Crippen LogP contribution >= 0.6 is 0 Å². The maximum absolute atomic E-state index is 12.7. The predicted octanol–water partition coefficient (Wildman–Crippen LogP) is 3.16. The smallest absolute Gasteiger partial charge is 0.323 e. The molecule has 0 radical (unpaired) electrons. The zero-order chi connectivity index (χ0) is 29.2. The van der Waals surface area contributed by atoms with Gasteiger partial charge in [0.25, 0.3) is 0 Å². The van der Waals surface area contributed by atoms with Crippen LogP contribution in [-0.2, 0) is 20.8 Å². The lowest BCUT2D eigenvalue weighted by Crippen LogP contribution is -2.36. The number of carboxylic acids is 1. The highest BCUT2D eigenvalue weighted by Gasteiger charge is 2.24. The van der Waals surface area contributed by atoms with Crippen LogP contribution in [-0.4, -0.2) is 59.5 Å². The molecule has 3 aromatic rings. The molecule has 0 saturated heterocycles. The van der Waals surface area contributed by atoms with Gasteiger partial charge in [0.2, 0.25) is 11.8 Å². The summed E-state index contributed by atoms with van der Waals surface area (Å²) in [5, 5.41) is 17.5. The summed E-state index contributed by atoms with van der Waals surface area (Å²) in [6.07, 6.45) is 1.09. The molecule has 0 fully saturated rings. The molecule has 1 aromatic heterocycles. The van der Waals surface area contributed by atoms with Gasteiger partial charge in [-0.1, -0.05) is 30.3 Å². The minimum atomic E-state index is -1.08. The summed E-state index contributed by atoms with van der Waals surface area (Å²) in [4.78, 5) is 53.9. The van der Waals surface area contributed by atoms with Crippen LogP contribution < -0.4 is 26.4 Å². The standard InChI is InChI=1S/C28H32N6O6/c1-17-6-4-5-7-20(17)31-28(39)32-21-10-8-18(12-23(21)40-3)13-25(35)33-24-11-9-19(16-30-24)22(14-27(37)38)34(2)26(36)15-29/h4-12,16,22H,13-15,29H2,1-3H3,(H,37,38)(H,30,33,35)(H2,31,32,39). The van der Waals surface area contributed by atoms with Gasteiger partial charge in [0.15, 0.2) is 0 Å². The number of benzene rings is 2. The number of nitrogens with one attached hydrogen (secondary N) is 3. The van der Waals surface area contributed by atoms with Crippen molar-refractivity contribution in [1.29, 1.82) is 0 Å². The maximum Gasteiger partial charge on any atom is 0.323 e. The van der Waals surface area contributed by atoms with Crippen molar-refractivity contribution in [2.75, 3.05) is 36.7 Å². The van der Waals surface area contributed by atoms with E-state index in [1.165, 1.54) is 31.3 Å². The minimum Gasteiger partial charge on any atom is -0.495 e. The normalized spacial score (nSPS) is 11.2. The number of aromatic nitrogens is 1. The number of nitrogens with two attached hydrogens (primary N) is 1. The number of carbonyl (C=O) groups is 4. The van der Waals surface area contributed by atoms with E-state index in [1.54, 1.807) is 30.3 Å². The highest BCUT2D eigenvalue weighted by Crippen LogP contribution is 2.27. The Labute approximate surface area is 231 Å². The molecule has 0 spiro atoms. The molecule has 12 heteroatoms. The molecule has 210 valence electrons. The predicted molar refractivity (Wildman–Crippen MR) is 150 cm³/mol. The minimum absolute atomic E-state index is 0.00482. The molecule has 6 N–H and O–H groups in total. The number of carboxylic acid groups (broad SMARTS) is 1. The molecule has 0 saturated carbocycles. The molecule has 1 unspecified atom stereocenters. The number of aryl methyl sites for hydroxylation is 1. The highest BCUT2D eigenvalue weighted by molar-refractivity contribution is 6.01. The number of urea groups is 1. The molecule has 40 heavy (non-hydrogen) atoms. The van der Waals surface area contributed by atoms with Gasteiger partial charge in [-0.3, -0.25) is 14.4 Å². The second-order valence-electron chi connectivity index (χ2n) is 8.95. The van der Waals surface area contributed by atoms with Gasteiger partial charge in [-0.15, -0.1) is 0 Å². The van der Waals surface area contributed by atoms with E-state index >= 15 is 0 Å². The first-order valence-corrected chi connectivity index (χ1v) is 12.3. The monoisotopic (exact) mass is 548 g/mol. The second kappa shape index (κ2) is 13.7. The summed E-state index contributed by atoms with van der Waals surface area (Å²) in [6, 6.07) is 14.3. The Bertz CT molecular complexity index is 1380. The molecule has 12 nitrogen and oxygen atoms in total. The Morgan fingerprint density at radius 1 is 1.02 bits per heavy atom. The summed E-state index contributed by atoms with van der Waals surface area (Å²) in [5.41, 5.74) is 8.58. The van der Waals surface area contributed by atoms with E-state index in [1.807, 2.05) is 25.1 Å². The van der Waals surface area contributed by atoms with Crippen LogP contribution in [0, 0.1) is 6.92 Å². The molecular formula is C28H32N6O6. The number of aliphatic carboxylic acids is 1. The molecule has 1 atom stereocenters. The molecular weight excluding hydrogens is 516 g/mol. The second-order valence-corrected chi connectivity index (χ2v) is 8.95. The van der Waals surface area contributed by atoms with Crippen molar-refractivity contribution < 1.29 is 29.0 Å². The molecule has 0 aliphatic rings. The van der Waals surface area contributed by atoms with E-state index in [4.69, 9.17) is 10.5 Å². The van der Waals surface area contributed by atoms with Crippen molar-refractivity contribution in [3.05, 3.63) is 77.5 Å². The van der Waals surface area contributed by atoms with Gasteiger partial charge in [0.05, 0.1) is 38.2 Å². The van der Waals surface area contributed by atoms with Gasteiger partial charge in [-0.25, -0.2) is 9.78 Å². The number of anilines is 3. The Balaban J connectivity index is 1.63. The van der Waals surface area contributed by atoms with Crippen LogP contribution in [0.15, 0.2) is 60.8 Å². The fraction of sp³-hybridized carbons (Fsp3) is 0.250. The van der Waals surface area contributed by atoms with E-state index in [-0.39, 0.29) is 31.1 Å². The number of hydrogen-bond donors (Lipinski definition) is 5. The number of methoxy groups -OCH3 is 1. The molecule has 1 heterocycles. The van der Waals surface area contributed by atoms with E-state index in [0.717, 1.165) is 5.56 Å². The van der Waals surface area contributed by atoms with Crippen LogP contribution in [0.3, 0.4) is 0 Å². The van der Waals surface area contributed by atoms with E-state index < -0.39 is 23.9 Å². The molecule has 0 aliphatic heterocycles. The van der Waals surface area contributed by atoms with Gasteiger partial charge in [0.1, 0.15) is 11.6 Å². The number of pyridine rings is 1. The third kappa shape index (κ3) is 8.01. The summed E-state index contributed by atoms with van der Waals surface area (Å²) < 4.78 is 5.40. The lowest BCUT2D eigenvalue weighted by Gasteiger charge is -2.27. The number of para-hydroxylation sites is 1. The number of hydrogen-bond acceptors (Lipinski definition) is 7. The number of carbonyl (C=O) groups excluding carboxylic acids is 3. The first-order chi connectivity index (χ1) is 19.1. The van der Waals surface area contributed by atoms with E-state index in [2.05, 4.69) is 20.9 Å². The lowest BCUT2D eigenvalue weighted by molar-refractivity contribution is -0.140. The number of rotatable bonds is 11. The SMILES string of the molecule is COc1cc(CC(=O)Nc2ccc(C(CC(=O)O)N(C)C(=O)CN)cn2)ccc1NC(=O)Nc1ccccc1C. The van der Waals surface area contributed by atoms with Gasteiger partial charge < -0.3 is 36.4 Å². The number of amides is 4. The van der Waals surface area contributed by atoms with Crippen LogP contribution in [0.1, 0.15) is 29.2 Å². The number of likely N-dealkylation sites (N-methyl/N-ethyl adjacent to an activating group) is 1. The van der Waals surface area contributed by atoms with Crippen molar-refractivity contribution in [2.45, 2.75) is 25.8 Å². The lowest BCUT2D eigenvalue weighted by atomic mass is 10.0. The van der Waals surface area contributed by atoms with E-state index in [9.17, 15) is 24.3 Å². The largest absolute Gasteiger partial charge is 0.495 e. The fourth-order valence-corrected chi connectivity index (χ4v) is 3.95. The van der Waals surface area contributed by atoms with Crippen LogP contribution in [0.4, 0.5) is 22.0 Å². The fourth-order valence-electron chi connectivity index (χ4n) is 3.95. The summed E-state index contributed by atoms with van der Waals surface area (Å²) in [5.74, 6) is -1.20. The average molecular weight is 549 g/mol. The number of nitrogens with zero attached hydrogens (tertiary/aromatic N) is 2. The third-order valence-electron chi connectivity index (χ3n) is 6.11. The van der Waals surface area contributed by atoms with Crippen molar-refractivity contribution >= 4 is 41.0 Å². The molecule has 4 amide bonds. The first kappa shape index (κ1) is 29.6. The summed E-state index contributed by atoms with van der Waals surface area (Å²) >= 11 is 0. The summed E-state index contributed by atoms with van der Waals surface area (Å²) in [6.45, 7) is 1.64. The van der Waals surface area contributed by atoms with Crippen LogP contribution in [0.25, 0.3) is 0 Å². The first-order valence-electron chi connectivity index (χ1n) is 12.3. The number of ether oxygens (including phenoxy) is 1. The quantitative estimate of drug-likeness (QED) is 0.243. The highest BCUT2D eigenvalue weighted by atomic mass is 16.5. The maximum atomic E-state index is 12.7. The van der Waals surface area contributed by atoms with Crippen LogP contribution in [0.5, 0.6) is 5.75 Å². The molecule has 3 rings (SSSR count). The zero-order valence-electron chi connectivity index (χ0n) is 22.4. The molecule has 0 bridgehead atoms. The van der Waals surface area contributed by atoms with Crippen molar-refractivity contribution in [1.82, 2.24) is 9.88 Å². The Morgan fingerprint density at radius 2 is 1.75 bits per heavy atom. The van der Waals surface area contributed by atoms with Crippen molar-refractivity contribution in [3.8, 4) is 5.75 Å². The van der Waals surface area contributed by atoms with Crippen LogP contribution in [0.2, 0.25) is 0 Å². The Morgan fingerprint density at radius 3 is 2.38 bits per heavy atom. The molecule has 2 aromatic carbocycles. The van der Waals surface area contributed by atoms with Gasteiger partial charge >= 0.3 is 12.0 Å². The zero-order valence-corrected chi connectivity index (χ0v) is 22.4. The van der Waals surface area contributed by atoms with Gasteiger partial charge in [-0.05, 0) is 47.9 Å². The average Bonchev–Trinajstić information content (AvgIpc) is 2.93.